The van der Waals surface area contributed by atoms with Gasteiger partial charge in [-0.25, -0.2) is 19.2 Å². The lowest BCUT2D eigenvalue weighted by molar-refractivity contribution is 0.0331. The first-order valence-electron chi connectivity index (χ1n) is 21.3. The Hall–Kier alpha value is -9.54. The van der Waals surface area contributed by atoms with E-state index >= 15 is 0 Å². The highest BCUT2D eigenvalue weighted by Gasteiger charge is 2.37. The minimum absolute atomic E-state index is 0.0962. The largest absolute Gasteiger partial charge is 0.456 e. The van der Waals surface area contributed by atoms with Crippen LogP contribution in [0.4, 0.5) is 0 Å². The Morgan fingerprint density at radius 3 is 1.07 bits per heavy atom. The fourth-order valence-electron chi connectivity index (χ4n) is 7.85. The maximum Gasteiger partial charge on any atom is 0.350 e. The van der Waals surface area contributed by atoms with Gasteiger partial charge in [-0.2, -0.15) is 0 Å². The summed E-state index contributed by atoms with van der Waals surface area (Å²) in [5, 5.41) is 0. The van der Waals surface area contributed by atoms with Gasteiger partial charge in [0.15, 0.2) is 11.6 Å². The van der Waals surface area contributed by atoms with E-state index in [4.69, 9.17) is 18.9 Å². The van der Waals surface area contributed by atoms with Crippen molar-refractivity contribution in [2.24, 2.45) is 0 Å². The van der Waals surface area contributed by atoms with Gasteiger partial charge in [-0.1, -0.05) is 146 Å². The van der Waals surface area contributed by atoms with Gasteiger partial charge in [0.25, 0.3) is 0 Å². The Kier molecular flexibility index (Phi) is 11.3. The van der Waals surface area contributed by atoms with Gasteiger partial charge in [0, 0.05) is 11.1 Å². The normalized spacial score (nSPS) is 12.8. The molecule has 0 saturated heterocycles. The van der Waals surface area contributed by atoms with E-state index in [2.05, 4.69) is 0 Å². The quantitative estimate of drug-likeness (QED) is 0.0504. The molecule has 0 aliphatic carbocycles. The van der Waals surface area contributed by atoms with E-state index < -0.39 is 35.0 Å². The Balaban J connectivity index is 0.903. The van der Waals surface area contributed by atoms with Crippen LogP contribution in [0.1, 0.15) is 73.3 Å². The van der Waals surface area contributed by atoms with Crippen LogP contribution in [0, 0.1) is 0 Å². The molecule has 0 radical (unpaired) electrons. The molecule has 8 aromatic rings. The lowest BCUT2D eigenvalue weighted by Gasteiger charge is -2.16. The van der Waals surface area contributed by atoms with Crippen LogP contribution in [0.5, 0.6) is 23.0 Å². The zero-order valence-electron chi connectivity index (χ0n) is 35.7. The average Bonchev–Trinajstić information content (AvgIpc) is 3.39. The Bertz CT molecular complexity index is 3160. The fourth-order valence-corrected chi connectivity index (χ4v) is 7.85. The van der Waals surface area contributed by atoms with E-state index in [9.17, 15) is 28.8 Å². The molecule has 326 valence electrons. The predicted molar refractivity (Wildman–Crippen MR) is 255 cm³/mol. The molecule has 4 bridgehead atoms. The fraction of sp³-hybridized carbons (Fsp3) is 0. The monoisotopic (exact) mass is 890 g/mol. The number of ether oxygens (including phenoxy) is 4. The van der Waals surface area contributed by atoms with Crippen LogP contribution in [0.25, 0.3) is 45.5 Å². The highest BCUT2D eigenvalue weighted by Crippen LogP contribution is 2.42. The molecule has 2 aliphatic rings. The molecule has 10 nitrogen and oxygen atoms in total. The van der Waals surface area contributed by atoms with Crippen molar-refractivity contribution >= 4 is 47.6 Å². The summed E-state index contributed by atoms with van der Waals surface area (Å²) >= 11 is 0. The van der Waals surface area contributed by atoms with Gasteiger partial charge >= 0.3 is 23.9 Å². The molecule has 8 aromatic carbocycles. The van der Waals surface area contributed by atoms with E-state index in [-0.39, 0.29) is 45.7 Å². The topological polar surface area (TPSA) is 139 Å². The number of benzene rings is 8. The molecule has 2 heterocycles. The first-order chi connectivity index (χ1) is 33.1. The molecule has 0 unspecified atom stereocenters. The molecule has 2 aliphatic heterocycles. The van der Waals surface area contributed by atoms with Crippen molar-refractivity contribution in [1.29, 1.82) is 0 Å². The number of hydrogen-bond acceptors (Lipinski definition) is 10. The molecule has 0 N–H and O–H groups in total. The van der Waals surface area contributed by atoms with Gasteiger partial charge < -0.3 is 18.9 Å². The van der Waals surface area contributed by atoms with Crippen molar-refractivity contribution in [1.82, 2.24) is 0 Å². The maximum absolute atomic E-state index is 13.9. The highest BCUT2D eigenvalue weighted by molar-refractivity contribution is 6.18. The van der Waals surface area contributed by atoms with Crippen molar-refractivity contribution < 1.29 is 47.7 Å². The molecule has 10 rings (SSSR count). The standard InChI is InChI=1S/C58H34O10/c59-49(41-7-3-1-4-8-41)29-15-35-11-17-37(18-12-35)39-21-25-45(26-22-39)65-51-33-43-31-47-53(51)57(63)68-58(64)54-48(56(62)67-55(47)61)32-44(43)34-52(54)66-46-27-23-40(24-28-46)38-19-13-36(14-20-38)16-30-50(60)42-9-5-2-6-10-42/h1-34H. The van der Waals surface area contributed by atoms with Crippen molar-refractivity contribution in [2.75, 3.05) is 0 Å². The molecule has 0 atom stereocenters. The minimum Gasteiger partial charge on any atom is -0.456 e. The van der Waals surface area contributed by atoms with E-state index in [1.54, 1.807) is 60.7 Å². The zero-order valence-corrected chi connectivity index (χ0v) is 35.7. The number of cyclic esters (lactones) is 2. The molecule has 68 heavy (non-hydrogen) atoms. The SMILES string of the molecule is O=C(C=Cc1ccc(-c2ccc(Oc3cc4cc5c3C(=O)OC(=O)c3c(Oc6ccc(-c7ccc(C=CC(=O)c8ccccc8)cc7)cc6)cc-4cc3C(=O)OC5=O)cc2)cc1)c1ccccc1. The third kappa shape index (κ3) is 8.80. The lowest BCUT2D eigenvalue weighted by Crippen LogP contribution is -2.24. The molecule has 0 amide bonds. The third-order valence-corrected chi connectivity index (χ3v) is 11.4. The molecular weight excluding hydrogens is 857 g/mol. The minimum atomic E-state index is -1.20. The number of carbonyl (C=O) groups excluding carboxylic acids is 6. The van der Waals surface area contributed by atoms with Gasteiger partial charge in [0.2, 0.25) is 0 Å². The van der Waals surface area contributed by atoms with E-state index in [1.165, 1.54) is 36.4 Å². The molecule has 0 spiro atoms. The summed E-state index contributed by atoms with van der Waals surface area (Å²) in [5.41, 5.74) is 5.59. The summed E-state index contributed by atoms with van der Waals surface area (Å²) < 4.78 is 23.2. The highest BCUT2D eigenvalue weighted by atomic mass is 16.6. The number of esters is 4. The zero-order chi connectivity index (χ0) is 46.7. The van der Waals surface area contributed by atoms with Crippen molar-refractivity contribution in [2.45, 2.75) is 0 Å². The first-order valence-corrected chi connectivity index (χ1v) is 21.3. The van der Waals surface area contributed by atoms with E-state index in [1.807, 2.05) is 109 Å². The Morgan fingerprint density at radius 2 is 0.706 bits per heavy atom. The molecule has 10 heteroatoms. The van der Waals surface area contributed by atoms with Gasteiger partial charge in [0.05, 0.1) is 11.1 Å². The number of allylic oxidation sites excluding steroid dienone is 2. The Morgan fingerprint density at radius 1 is 0.368 bits per heavy atom. The smallest absolute Gasteiger partial charge is 0.350 e. The van der Waals surface area contributed by atoms with Crippen LogP contribution < -0.4 is 9.47 Å². The van der Waals surface area contributed by atoms with Gasteiger partial charge in [-0.15, -0.1) is 0 Å². The van der Waals surface area contributed by atoms with Crippen LogP contribution >= 0.6 is 0 Å². The predicted octanol–water partition coefficient (Wildman–Crippen LogP) is 12.7. The third-order valence-electron chi connectivity index (χ3n) is 11.4. The van der Waals surface area contributed by atoms with Crippen LogP contribution in [0.15, 0.2) is 194 Å². The van der Waals surface area contributed by atoms with Crippen LogP contribution in [0.3, 0.4) is 0 Å². The summed E-state index contributed by atoms with van der Waals surface area (Å²) in [6.45, 7) is 0. The van der Waals surface area contributed by atoms with Gasteiger partial charge in [0.1, 0.15) is 34.1 Å². The maximum atomic E-state index is 13.9. The summed E-state index contributed by atoms with van der Waals surface area (Å²) in [4.78, 5) is 80.1. The number of ketones is 2. The number of hydrogen-bond donors (Lipinski definition) is 0. The number of fused-ring (bicyclic) bond motifs is 5. The number of rotatable bonds is 12. The number of carbonyl (C=O) groups is 6. The van der Waals surface area contributed by atoms with Crippen molar-refractivity contribution in [3.05, 3.63) is 239 Å². The molecule has 0 saturated carbocycles. The van der Waals surface area contributed by atoms with Gasteiger partial charge in [-0.05, 0) is 105 Å². The first kappa shape index (κ1) is 42.4. The van der Waals surface area contributed by atoms with Gasteiger partial charge in [-0.3, -0.25) is 9.59 Å². The van der Waals surface area contributed by atoms with E-state index in [0.717, 1.165) is 33.4 Å². The average molecular weight is 891 g/mol. The van der Waals surface area contributed by atoms with Crippen LogP contribution in [-0.2, 0) is 9.47 Å². The summed E-state index contributed by atoms with van der Waals surface area (Å²) in [7, 11) is 0. The summed E-state index contributed by atoms with van der Waals surface area (Å²) in [5.74, 6) is -4.55. The summed E-state index contributed by atoms with van der Waals surface area (Å²) in [6.07, 6.45) is 6.58. The summed E-state index contributed by atoms with van der Waals surface area (Å²) in [6, 6.07) is 53.1. The second-order valence-corrected chi connectivity index (χ2v) is 15.8. The Labute approximate surface area is 389 Å². The lowest BCUT2D eigenvalue weighted by atomic mass is 9.95. The van der Waals surface area contributed by atoms with E-state index in [0.29, 0.717) is 22.3 Å². The molecular formula is C58H34O10. The molecule has 0 aromatic heterocycles. The van der Waals surface area contributed by atoms with Crippen LogP contribution in [-0.4, -0.2) is 35.4 Å². The molecule has 0 fully saturated rings. The second kappa shape index (κ2) is 18.1. The second-order valence-electron chi connectivity index (χ2n) is 15.8. The van der Waals surface area contributed by atoms with Crippen molar-refractivity contribution in [3.8, 4) is 56.4 Å². The van der Waals surface area contributed by atoms with Crippen molar-refractivity contribution in [3.63, 3.8) is 0 Å². The van der Waals surface area contributed by atoms with Crippen LogP contribution in [0.2, 0.25) is 0 Å².